The second kappa shape index (κ2) is 5.96. The summed E-state index contributed by atoms with van der Waals surface area (Å²) in [6.45, 7) is 3.42. The Morgan fingerprint density at radius 2 is 2.17 bits per heavy atom. The molecule has 0 N–H and O–H groups in total. The molecule has 0 radical (unpaired) electrons. The number of likely N-dealkylation sites (N-methyl/N-ethyl adjacent to an activating group) is 1. The third-order valence-electron chi connectivity index (χ3n) is 2.25. The van der Waals surface area contributed by atoms with E-state index in [4.69, 9.17) is 4.74 Å². The molecule has 0 atom stereocenters. The van der Waals surface area contributed by atoms with Gasteiger partial charge in [-0.05, 0) is 6.92 Å². The number of aromatic nitrogens is 2. The Bertz CT molecular complexity index is 509. The molecular formula is C10H17N3O4S. The Morgan fingerprint density at radius 3 is 2.61 bits per heavy atom. The van der Waals surface area contributed by atoms with Crippen LogP contribution in [-0.2, 0) is 26.6 Å². The van der Waals surface area contributed by atoms with Crippen LogP contribution >= 0.6 is 0 Å². The molecule has 102 valence electrons. The van der Waals surface area contributed by atoms with Gasteiger partial charge in [0.1, 0.15) is 6.54 Å². The van der Waals surface area contributed by atoms with Crippen molar-refractivity contribution in [1.29, 1.82) is 0 Å². The third-order valence-corrected chi connectivity index (χ3v) is 4.06. The molecule has 1 aromatic heterocycles. The summed E-state index contributed by atoms with van der Waals surface area (Å²) in [7, 11) is -2.07. The van der Waals surface area contributed by atoms with Crippen molar-refractivity contribution in [1.82, 2.24) is 13.9 Å². The standard InChI is InChI=1S/C10H17N3O4S/c1-4-13(7-10(14)17-5-2)18(15,16)9-6-12(3)8-11-9/h6,8H,4-5,7H2,1-3H3. The Labute approximate surface area is 106 Å². The van der Waals surface area contributed by atoms with Crippen LogP contribution in [0, 0.1) is 0 Å². The highest BCUT2D eigenvalue weighted by molar-refractivity contribution is 7.89. The van der Waals surface area contributed by atoms with Crippen LogP contribution in [0.1, 0.15) is 13.8 Å². The molecule has 0 aliphatic carbocycles. The average Bonchev–Trinajstić information content (AvgIpc) is 2.73. The molecule has 0 saturated carbocycles. The molecule has 1 heterocycles. The number of hydrogen-bond donors (Lipinski definition) is 0. The Kier molecular flexibility index (Phi) is 4.85. The number of carbonyl (C=O) groups excluding carboxylic acids is 1. The van der Waals surface area contributed by atoms with Crippen LogP contribution in [0.3, 0.4) is 0 Å². The molecule has 0 saturated heterocycles. The number of esters is 1. The lowest BCUT2D eigenvalue weighted by atomic mass is 10.6. The lowest BCUT2D eigenvalue weighted by Crippen LogP contribution is -2.36. The van der Waals surface area contributed by atoms with E-state index < -0.39 is 16.0 Å². The fourth-order valence-corrected chi connectivity index (χ4v) is 2.73. The van der Waals surface area contributed by atoms with Gasteiger partial charge in [-0.3, -0.25) is 4.79 Å². The van der Waals surface area contributed by atoms with E-state index >= 15 is 0 Å². The zero-order chi connectivity index (χ0) is 13.8. The molecule has 0 spiro atoms. The number of nitrogens with zero attached hydrogens (tertiary/aromatic N) is 3. The fraction of sp³-hybridized carbons (Fsp3) is 0.600. The van der Waals surface area contributed by atoms with Crippen molar-refractivity contribution in [2.24, 2.45) is 7.05 Å². The first-order valence-electron chi connectivity index (χ1n) is 5.55. The van der Waals surface area contributed by atoms with E-state index in [1.165, 1.54) is 17.1 Å². The third kappa shape index (κ3) is 3.30. The van der Waals surface area contributed by atoms with Gasteiger partial charge in [-0.15, -0.1) is 0 Å². The summed E-state index contributed by atoms with van der Waals surface area (Å²) < 4.78 is 31.6. The molecule has 7 nitrogen and oxygen atoms in total. The van der Waals surface area contributed by atoms with E-state index in [9.17, 15) is 13.2 Å². The van der Waals surface area contributed by atoms with Crippen molar-refractivity contribution >= 4 is 16.0 Å². The number of hydrogen-bond acceptors (Lipinski definition) is 5. The molecule has 1 rings (SSSR count). The van der Waals surface area contributed by atoms with Gasteiger partial charge in [0.2, 0.25) is 0 Å². The van der Waals surface area contributed by atoms with Crippen LogP contribution in [-0.4, -0.2) is 47.9 Å². The summed E-state index contributed by atoms with van der Waals surface area (Å²) >= 11 is 0. The summed E-state index contributed by atoms with van der Waals surface area (Å²) in [6.07, 6.45) is 2.79. The van der Waals surface area contributed by atoms with Gasteiger partial charge < -0.3 is 9.30 Å². The first kappa shape index (κ1) is 14.7. The summed E-state index contributed by atoms with van der Waals surface area (Å²) in [5.74, 6) is -0.571. The lowest BCUT2D eigenvalue weighted by molar-refractivity contribution is -0.143. The highest BCUT2D eigenvalue weighted by Crippen LogP contribution is 2.12. The SMILES string of the molecule is CCOC(=O)CN(CC)S(=O)(=O)c1cn(C)cn1. The topological polar surface area (TPSA) is 81.5 Å². The normalized spacial score (nSPS) is 11.8. The summed E-state index contributed by atoms with van der Waals surface area (Å²) in [5, 5.41) is -0.0730. The van der Waals surface area contributed by atoms with Crippen LogP contribution < -0.4 is 0 Å². The maximum absolute atomic E-state index is 12.2. The van der Waals surface area contributed by atoms with Crippen LogP contribution in [0.25, 0.3) is 0 Å². The number of ether oxygens (including phenoxy) is 1. The predicted molar refractivity (Wildman–Crippen MR) is 64.3 cm³/mol. The first-order valence-corrected chi connectivity index (χ1v) is 6.99. The second-order valence-electron chi connectivity index (χ2n) is 3.61. The van der Waals surface area contributed by atoms with Gasteiger partial charge >= 0.3 is 5.97 Å². The Hall–Kier alpha value is -1.41. The van der Waals surface area contributed by atoms with Crippen LogP contribution in [0.2, 0.25) is 0 Å². The number of aryl methyl sites for hydroxylation is 1. The zero-order valence-corrected chi connectivity index (χ0v) is 11.5. The molecule has 0 aliphatic rings. The largest absolute Gasteiger partial charge is 0.465 e. The van der Waals surface area contributed by atoms with Crippen molar-refractivity contribution in [2.75, 3.05) is 19.7 Å². The van der Waals surface area contributed by atoms with Crippen LogP contribution in [0.5, 0.6) is 0 Å². The molecule has 0 amide bonds. The second-order valence-corrected chi connectivity index (χ2v) is 5.50. The van der Waals surface area contributed by atoms with E-state index in [0.717, 1.165) is 4.31 Å². The first-order chi connectivity index (χ1) is 8.41. The zero-order valence-electron chi connectivity index (χ0n) is 10.7. The van der Waals surface area contributed by atoms with Crippen molar-refractivity contribution in [3.8, 4) is 0 Å². The highest BCUT2D eigenvalue weighted by atomic mass is 32.2. The number of rotatable bonds is 6. The highest BCUT2D eigenvalue weighted by Gasteiger charge is 2.27. The Balaban J connectivity index is 2.90. The van der Waals surface area contributed by atoms with Crippen molar-refractivity contribution < 1.29 is 17.9 Å². The monoisotopic (exact) mass is 275 g/mol. The van der Waals surface area contributed by atoms with Crippen molar-refractivity contribution in [3.05, 3.63) is 12.5 Å². The maximum atomic E-state index is 12.2. The van der Waals surface area contributed by atoms with Crippen molar-refractivity contribution in [3.63, 3.8) is 0 Å². The molecular weight excluding hydrogens is 258 g/mol. The van der Waals surface area contributed by atoms with Crippen molar-refractivity contribution in [2.45, 2.75) is 18.9 Å². The number of carbonyl (C=O) groups is 1. The minimum atomic E-state index is -3.74. The number of sulfonamides is 1. The molecule has 0 unspecified atom stereocenters. The smallest absolute Gasteiger partial charge is 0.321 e. The molecule has 8 heteroatoms. The van der Waals surface area contributed by atoms with Gasteiger partial charge in [-0.2, -0.15) is 4.31 Å². The van der Waals surface area contributed by atoms with E-state index in [0.29, 0.717) is 0 Å². The molecule has 0 aromatic carbocycles. The van der Waals surface area contributed by atoms with E-state index in [-0.39, 0.29) is 24.7 Å². The van der Waals surface area contributed by atoms with Gasteiger partial charge in [0.25, 0.3) is 10.0 Å². The molecule has 0 bridgehead atoms. The fourth-order valence-electron chi connectivity index (χ4n) is 1.37. The number of imidazole rings is 1. The molecule has 18 heavy (non-hydrogen) atoms. The van der Waals surface area contributed by atoms with E-state index in [1.54, 1.807) is 20.9 Å². The average molecular weight is 275 g/mol. The quantitative estimate of drug-likeness (QED) is 0.682. The molecule has 1 aromatic rings. The minimum Gasteiger partial charge on any atom is -0.465 e. The van der Waals surface area contributed by atoms with E-state index in [1.807, 2.05) is 0 Å². The molecule has 0 fully saturated rings. The van der Waals surface area contributed by atoms with Gasteiger partial charge in [0, 0.05) is 19.8 Å². The van der Waals surface area contributed by atoms with Gasteiger partial charge in [0.05, 0.1) is 12.9 Å². The predicted octanol–water partition coefficient (Wildman–Crippen LogP) is -0.00620. The van der Waals surface area contributed by atoms with Gasteiger partial charge in [0.15, 0.2) is 5.03 Å². The Morgan fingerprint density at radius 1 is 1.50 bits per heavy atom. The maximum Gasteiger partial charge on any atom is 0.321 e. The lowest BCUT2D eigenvalue weighted by Gasteiger charge is -2.17. The van der Waals surface area contributed by atoms with E-state index in [2.05, 4.69) is 4.98 Å². The summed E-state index contributed by atoms with van der Waals surface area (Å²) in [6, 6.07) is 0. The van der Waals surface area contributed by atoms with Gasteiger partial charge in [-0.1, -0.05) is 6.92 Å². The van der Waals surface area contributed by atoms with Crippen LogP contribution in [0.15, 0.2) is 17.6 Å². The minimum absolute atomic E-state index is 0.0730. The summed E-state index contributed by atoms with van der Waals surface area (Å²) in [5.41, 5.74) is 0. The van der Waals surface area contributed by atoms with Crippen LogP contribution in [0.4, 0.5) is 0 Å². The van der Waals surface area contributed by atoms with Gasteiger partial charge in [-0.25, -0.2) is 13.4 Å². The summed E-state index contributed by atoms with van der Waals surface area (Å²) in [4.78, 5) is 15.1. The molecule has 0 aliphatic heterocycles.